The number of aromatic amines is 1. The van der Waals surface area contributed by atoms with Crippen molar-refractivity contribution in [3.8, 4) is 0 Å². The van der Waals surface area contributed by atoms with Crippen LogP contribution in [0, 0.1) is 0 Å². The summed E-state index contributed by atoms with van der Waals surface area (Å²) in [4.78, 5) is 16.3. The summed E-state index contributed by atoms with van der Waals surface area (Å²) in [6.07, 6.45) is 6.62. The molecule has 3 heterocycles. The maximum Gasteiger partial charge on any atom is 0.407 e. The highest BCUT2D eigenvalue weighted by Crippen LogP contribution is 2.36. The summed E-state index contributed by atoms with van der Waals surface area (Å²) in [6.45, 7) is 4.01. The Bertz CT molecular complexity index is 996. The number of aromatic nitrogens is 5. The van der Waals surface area contributed by atoms with E-state index in [9.17, 15) is 4.79 Å². The number of rotatable bonds is 6. The number of hydrogen-bond acceptors (Lipinski definition) is 6. The lowest BCUT2D eigenvalue weighted by Gasteiger charge is -2.16. The number of carbonyl (C=O) groups is 1. The number of nitrogens with one attached hydrogen (secondary N) is 3. The van der Waals surface area contributed by atoms with Gasteiger partial charge in [-0.25, -0.2) is 4.79 Å². The molecular weight excluding hydrogens is 370 g/mol. The lowest BCUT2D eigenvalue weighted by Crippen LogP contribution is -2.34. The average molecular weight is 397 g/mol. The highest BCUT2D eigenvalue weighted by molar-refractivity contribution is 5.89. The molecule has 0 bridgehead atoms. The fraction of sp³-hybridized carbons (Fsp3) is 0.500. The standard InChI is InChI=1S/C20H27N7O2/c1-4-12(2)23-20(28)29-14-6-5-13(9-14)16-10-18(26-25-16)24-15-7-8-21-17-11-22-27(3)19(15)17/h7-8,10-14H,4-6,9H2,1-3H3,(H,23,28)(H2,21,24,25,26). The van der Waals surface area contributed by atoms with Crippen LogP contribution in [-0.2, 0) is 11.8 Å². The number of anilines is 2. The lowest BCUT2D eigenvalue weighted by molar-refractivity contribution is 0.0974. The van der Waals surface area contributed by atoms with Crippen molar-refractivity contribution < 1.29 is 9.53 Å². The lowest BCUT2D eigenvalue weighted by atomic mass is 10.0. The SMILES string of the molecule is CCC(C)NC(=O)OC1CCC(c2cc(Nc3ccnc4cnn(C)c34)n[nH]2)C1. The molecule has 3 N–H and O–H groups in total. The second-order valence-corrected chi connectivity index (χ2v) is 7.68. The Morgan fingerprint density at radius 1 is 1.45 bits per heavy atom. The molecule has 0 spiro atoms. The summed E-state index contributed by atoms with van der Waals surface area (Å²) < 4.78 is 7.37. The van der Waals surface area contributed by atoms with E-state index in [2.05, 4.69) is 30.9 Å². The van der Waals surface area contributed by atoms with Gasteiger partial charge in [0.25, 0.3) is 0 Å². The van der Waals surface area contributed by atoms with Crippen LogP contribution in [0.2, 0.25) is 0 Å². The molecule has 3 aromatic heterocycles. The van der Waals surface area contributed by atoms with E-state index in [1.165, 1.54) is 0 Å². The number of H-pyrrole nitrogens is 1. The highest BCUT2D eigenvalue weighted by Gasteiger charge is 2.30. The van der Waals surface area contributed by atoms with Crippen LogP contribution in [0.1, 0.15) is 51.1 Å². The van der Waals surface area contributed by atoms with Crippen LogP contribution < -0.4 is 10.6 Å². The minimum absolute atomic E-state index is 0.0574. The summed E-state index contributed by atoms with van der Waals surface area (Å²) in [6, 6.07) is 4.06. The molecule has 3 aromatic rings. The molecule has 3 unspecified atom stereocenters. The van der Waals surface area contributed by atoms with Crippen molar-refractivity contribution in [2.45, 2.75) is 57.6 Å². The van der Waals surface area contributed by atoms with E-state index in [1.807, 2.05) is 33.0 Å². The smallest absolute Gasteiger partial charge is 0.407 e. The van der Waals surface area contributed by atoms with Crippen LogP contribution in [0.15, 0.2) is 24.5 Å². The van der Waals surface area contributed by atoms with E-state index in [1.54, 1.807) is 17.1 Å². The first-order valence-electron chi connectivity index (χ1n) is 10.1. The molecule has 9 heteroatoms. The number of alkyl carbamates (subject to hydrolysis) is 1. The number of pyridine rings is 1. The monoisotopic (exact) mass is 397 g/mol. The summed E-state index contributed by atoms with van der Waals surface area (Å²) in [5.41, 5.74) is 3.72. The molecule has 154 valence electrons. The van der Waals surface area contributed by atoms with Crippen molar-refractivity contribution in [1.82, 2.24) is 30.3 Å². The minimum atomic E-state index is -0.324. The Morgan fingerprint density at radius 3 is 3.14 bits per heavy atom. The topological polar surface area (TPSA) is 110 Å². The van der Waals surface area contributed by atoms with Gasteiger partial charge in [0.1, 0.15) is 17.1 Å². The van der Waals surface area contributed by atoms with Gasteiger partial charge in [-0.05, 0) is 38.7 Å². The molecule has 0 saturated heterocycles. The predicted molar refractivity (Wildman–Crippen MR) is 110 cm³/mol. The number of aryl methyl sites for hydroxylation is 1. The summed E-state index contributed by atoms with van der Waals surface area (Å²) in [7, 11) is 1.89. The van der Waals surface area contributed by atoms with Crippen LogP contribution in [0.5, 0.6) is 0 Å². The average Bonchev–Trinajstić information content (AvgIpc) is 3.43. The van der Waals surface area contributed by atoms with E-state index in [0.29, 0.717) is 5.92 Å². The van der Waals surface area contributed by atoms with E-state index in [0.717, 1.165) is 53.9 Å². The number of carbonyl (C=O) groups excluding carboxylic acids is 1. The summed E-state index contributed by atoms with van der Waals surface area (Å²) >= 11 is 0. The fourth-order valence-corrected chi connectivity index (χ4v) is 3.77. The Kier molecular flexibility index (Phi) is 5.37. The molecule has 1 saturated carbocycles. The maximum absolute atomic E-state index is 12.0. The minimum Gasteiger partial charge on any atom is -0.446 e. The van der Waals surface area contributed by atoms with Crippen molar-refractivity contribution in [3.05, 3.63) is 30.2 Å². The molecule has 1 aliphatic carbocycles. The van der Waals surface area contributed by atoms with Gasteiger partial charge < -0.3 is 15.4 Å². The van der Waals surface area contributed by atoms with Gasteiger partial charge in [0, 0.05) is 37.0 Å². The number of hydrogen-bond donors (Lipinski definition) is 3. The quantitative estimate of drug-likeness (QED) is 0.586. The van der Waals surface area contributed by atoms with Gasteiger partial charge in [-0.15, -0.1) is 0 Å². The van der Waals surface area contributed by atoms with Crippen molar-refractivity contribution >= 4 is 28.6 Å². The third-order valence-electron chi connectivity index (χ3n) is 5.56. The third kappa shape index (κ3) is 4.18. The van der Waals surface area contributed by atoms with Gasteiger partial charge in [-0.3, -0.25) is 14.8 Å². The Morgan fingerprint density at radius 2 is 2.31 bits per heavy atom. The van der Waals surface area contributed by atoms with E-state index in [-0.39, 0.29) is 18.2 Å². The number of ether oxygens (including phenoxy) is 1. The van der Waals surface area contributed by atoms with Crippen molar-refractivity contribution in [2.75, 3.05) is 5.32 Å². The first-order valence-corrected chi connectivity index (χ1v) is 10.1. The zero-order valence-corrected chi connectivity index (χ0v) is 17.0. The van der Waals surface area contributed by atoms with Crippen LogP contribution in [-0.4, -0.2) is 43.2 Å². The van der Waals surface area contributed by atoms with Crippen LogP contribution in [0.25, 0.3) is 11.0 Å². The van der Waals surface area contributed by atoms with Gasteiger partial charge in [0.15, 0.2) is 5.82 Å². The Labute approximate surface area is 169 Å². The largest absolute Gasteiger partial charge is 0.446 e. The van der Waals surface area contributed by atoms with Gasteiger partial charge in [-0.2, -0.15) is 10.2 Å². The van der Waals surface area contributed by atoms with E-state index < -0.39 is 0 Å². The molecule has 0 aliphatic heterocycles. The molecule has 1 fully saturated rings. The Hall–Kier alpha value is -3.10. The second-order valence-electron chi connectivity index (χ2n) is 7.68. The van der Waals surface area contributed by atoms with E-state index >= 15 is 0 Å². The number of amides is 1. The van der Waals surface area contributed by atoms with Gasteiger partial charge in [-0.1, -0.05) is 6.92 Å². The molecule has 0 radical (unpaired) electrons. The van der Waals surface area contributed by atoms with Gasteiger partial charge in [0.05, 0.1) is 11.9 Å². The Balaban J connectivity index is 1.38. The third-order valence-corrected chi connectivity index (χ3v) is 5.56. The zero-order chi connectivity index (χ0) is 20.4. The van der Waals surface area contributed by atoms with Crippen LogP contribution in [0.4, 0.5) is 16.3 Å². The second kappa shape index (κ2) is 8.10. The van der Waals surface area contributed by atoms with Gasteiger partial charge in [0.2, 0.25) is 0 Å². The van der Waals surface area contributed by atoms with Crippen LogP contribution >= 0.6 is 0 Å². The molecule has 9 nitrogen and oxygen atoms in total. The molecule has 0 aromatic carbocycles. The molecular formula is C20H27N7O2. The number of fused-ring (bicyclic) bond motifs is 1. The zero-order valence-electron chi connectivity index (χ0n) is 17.0. The molecule has 4 rings (SSSR count). The van der Waals surface area contributed by atoms with E-state index in [4.69, 9.17) is 4.74 Å². The molecule has 1 amide bonds. The molecule has 29 heavy (non-hydrogen) atoms. The molecule has 1 aliphatic rings. The first-order chi connectivity index (χ1) is 14.0. The molecule has 3 atom stereocenters. The van der Waals surface area contributed by atoms with Crippen molar-refractivity contribution in [3.63, 3.8) is 0 Å². The fourth-order valence-electron chi connectivity index (χ4n) is 3.77. The highest BCUT2D eigenvalue weighted by atomic mass is 16.6. The predicted octanol–water partition coefficient (Wildman–Crippen LogP) is 3.60. The van der Waals surface area contributed by atoms with Crippen LogP contribution in [0.3, 0.4) is 0 Å². The first kappa shape index (κ1) is 19.2. The maximum atomic E-state index is 12.0. The number of nitrogens with zero attached hydrogens (tertiary/aromatic N) is 4. The summed E-state index contributed by atoms with van der Waals surface area (Å²) in [5, 5.41) is 18.0. The van der Waals surface area contributed by atoms with Crippen molar-refractivity contribution in [2.24, 2.45) is 7.05 Å². The normalized spacial score (nSPS) is 20.0. The van der Waals surface area contributed by atoms with Gasteiger partial charge >= 0.3 is 6.09 Å². The van der Waals surface area contributed by atoms with Crippen molar-refractivity contribution in [1.29, 1.82) is 0 Å². The summed E-state index contributed by atoms with van der Waals surface area (Å²) in [5.74, 6) is 1.04.